The van der Waals surface area contributed by atoms with Gasteiger partial charge < -0.3 is 10.4 Å². The normalized spacial score (nSPS) is 13.5. The van der Waals surface area contributed by atoms with Crippen LogP contribution >= 0.6 is 11.6 Å². The number of benzene rings is 2. The van der Waals surface area contributed by atoms with Crippen LogP contribution in [0.4, 0.5) is 4.39 Å². The standard InChI is InChI=1S/C17H17ClFNO2/c1-17(22,13-5-3-2-4-6-13)10-16(21)20-11-12-7-8-15(19)14(18)9-12/h2-9,22H,10-11H2,1H3,(H,20,21). The third kappa shape index (κ3) is 4.29. The Bertz CT molecular complexity index is 659. The maximum atomic E-state index is 13.1. The molecular weight excluding hydrogens is 305 g/mol. The first-order chi connectivity index (χ1) is 10.4. The van der Waals surface area contributed by atoms with Crippen molar-refractivity contribution in [1.82, 2.24) is 5.32 Å². The number of aliphatic hydroxyl groups is 1. The van der Waals surface area contributed by atoms with Gasteiger partial charge in [-0.05, 0) is 30.2 Å². The lowest BCUT2D eigenvalue weighted by molar-refractivity contribution is -0.126. The number of hydrogen-bond donors (Lipinski definition) is 2. The van der Waals surface area contributed by atoms with Crippen LogP contribution in [0, 0.1) is 5.82 Å². The maximum Gasteiger partial charge on any atom is 0.223 e. The van der Waals surface area contributed by atoms with Gasteiger partial charge in [-0.25, -0.2) is 4.39 Å². The summed E-state index contributed by atoms with van der Waals surface area (Å²) < 4.78 is 13.1. The second-order valence-corrected chi connectivity index (χ2v) is 5.75. The topological polar surface area (TPSA) is 49.3 Å². The third-order valence-electron chi connectivity index (χ3n) is 3.37. The van der Waals surface area contributed by atoms with Gasteiger partial charge in [-0.15, -0.1) is 0 Å². The van der Waals surface area contributed by atoms with E-state index in [9.17, 15) is 14.3 Å². The molecule has 0 bridgehead atoms. The Hall–Kier alpha value is -1.91. The van der Waals surface area contributed by atoms with E-state index < -0.39 is 11.4 Å². The van der Waals surface area contributed by atoms with E-state index in [4.69, 9.17) is 11.6 Å². The van der Waals surface area contributed by atoms with Crippen LogP contribution in [0.2, 0.25) is 5.02 Å². The van der Waals surface area contributed by atoms with Crippen molar-refractivity contribution in [1.29, 1.82) is 0 Å². The Labute approximate surface area is 133 Å². The fourth-order valence-corrected chi connectivity index (χ4v) is 2.33. The molecule has 22 heavy (non-hydrogen) atoms. The Kier molecular flexibility index (Phi) is 5.16. The van der Waals surface area contributed by atoms with Gasteiger partial charge in [0.1, 0.15) is 5.82 Å². The van der Waals surface area contributed by atoms with Gasteiger partial charge in [-0.3, -0.25) is 4.79 Å². The molecule has 0 fully saturated rings. The van der Waals surface area contributed by atoms with Crippen LogP contribution in [0.5, 0.6) is 0 Å². The highest BCUT2D eigenvalue weighted by molar-refractivity contribution is 6.30. The molecule has 1 amide bonds. The monoisotopic (exact) mass is 321 g/mol. The molecule has 0 aliphatic heterocycles. The highest BCUT2D eigenvalue weighted by Gasteiger charge is 2.26. The number of carbonyl (C=O) groups is 1. The zero-order valence-corrected chi connectivity index (χ0v) is 12.9. The number of hydrogen-bond acceptors (Lipinski definition) is 2. The molecule has 0 aliphatic carbocycles. The average molecular weight is 322 g/mol. The summed E-state index contributed by atoms with van der Waals surface area (Å²) in [6.07, 6.45) is -0.0636. The molecule has 2 aromatic carbocycles. The van der Waals surface area contributed by atoms with E-state index in [1.165, 1.54) is 12.1 Å². The summed E-state index contributed by atoms with van der Waals surface area (Å²) in [5, 5.41) is 13.1. The molecule has 0 radical (unpaired) electrons. The highest BCUT2D eigenvalue weighted by atomic mass is 35.5. The quantitative estimate of drug-likeness (QED) is 0.887. The van der Waals surface area contributed by atoms with Crippen LogP contribution < -0.4 is 5.32 Å². The van der Waals surface area contributed by atoms with Gasteiger partial charge >= 0.3 is 0 Å². The first kappa shape index (κ1) is 16.5. The second kappa shape index (κ2) is 6.90. The summed E-state index contributed by atoms with van der Waals surface area (Å²) in [7, 11) is 0. The van der Waals surface area contributed by atoms with Gasteiger partial charge in [-0.1, -0.05) is 48.0 Å². The Morgan fingerprint density at radius 2 is 1.95 bits per heavy atom. The average Bonchev–Trinajstić information content (AvgIpc) is 2.49. The van der Waals surface area contributed by atoms with Crippen molar-refractivity contribution in [3.63, 3.8) is 0 Å². The fourth-order valence-electron chi connectivity index (χ4n) is 2.12. The van der Waals surface area contributed by atoms with E-state index >= 15 is 0 Å². The molecule has 1 atom stereocenters. The fraction of sp³-hybridized carbons (Fsp3) is 0.235. The summed E-state index contributed by atoms with van der Waals surface area (Å²) >= 11 is 5.69. The Morgan fingerprint density at radius 3 is 2.59 bits per heavy atom. The molecule has 2 aromatic rings. The lowest BCUT2D eigenvalue weighted by Crippen LogP contribution is -2.32. The van der Waals surface area contributed by atoms with E-state index in [1.54, 1.807) is 25.1 Å². The summed E-state index contributed by atoms with van der Waals surface area (Å²) in [5.41, 5.74) is 0.125. The minimum Gasteiger partial charge on any atom is -0.385 e. The Morgan fingerprint density at radius 1 is 1.27 bits per heavy atom. The molecule has 116 valence electrons. The minimum atomic E-state index is -1.24. The molecule has 2 N–H and O–H groups in total. The predicted molar refractivity (Wildman–Crippen MR) is 83.9 cm³/mol. The molecular formula is C17H17ClFNO2. The number of halogens is 2. The lowest BCUT2D eigenvalue weighted by Gasteiger charge is -2.23. The molecule has 0 saturated heterocycles. The number of carbonyl (C=O) groups excluding carboxylic acids is 1. The van der Waals surface area contributed by atoms with Crippen molar-refractivity contribution in [2.75, 3.05) is 0 Å². The van der Waals surface area contributed by atoms with E-state index in [-0.39, 0.29) is 23.9 Å². The SMILES string of the molecule is CC(O)(CC(=O)NCc1ccc(F)c(Cl)c1)c1ccccc1. The largest absolute Gasteiger partial charge is 0.385 e. The molecule has 0 aromatic heterocycles. The molecule has 3 nitrogen and oxygen atoms in total. The van der Waals surface area contributed by atoms with Gasteiger partial charge in [0.05, 0.1) is 17.0 Å². The number of rotatable bonds is 5. The van der Waals surface area contributed by atoms with Crippen molar-refractivity contribution >= 4 is 17.5 Å². The number of amides is 1. The molecule has 1 unspecified atom stereocenters. The van der Waals surface area contributed by atoms with Gasteiger partial charge in [0.2, 0.25) is 5.91 Å². The zero-order chi connectivity index (χ0) is 16.2. The second-order valence-electron chi connectivity index (χ2n) is 5.34. The molecule has 0 spiro atoms. The van der Waals surface area contributed by atoms with Crippen molar-refractivity contribution in [2.24, 2.45) is 0 Å². The summed E-state index contributed by atoms with van der Waals surface area (Å²) in [5.74, 6) is -0.793. The van der Waals surface area contributed by atoms with E-state index in [2.05, 4.69) is 5.32 Å². The molecule has 0 saturated carbocycles. The van der Waals surface area contributed by atoms with E-state index in [1.807, 2.05) is 18.2 Å². The predicted octanol–water partition coefficient (Wildman–Crippen LogP) is 3.39. The smallest absolute Gasteiger partial charge is 0.223 e. The minimum absolute atomic E-state index is 0.0167. The lowest BCUT2D eigenvalue weighted by atomic mass is 9.92. The van der Waals surface area contributed by atoms with Crippen LogP contribution in [0.1, 0.15) is 24.5 Å². The first-order valence-electron chi connectivity index (χ1n) is 6.87. The van der Waals surface area contributed by atoms with Gasteiger partial charge in [-0.2, -0.15) is 0 Å². The van der Waals surface area contributed by atoms with Crippen molar-refractivity contribution < 1.29 is 14.3 Å². The third-order valence-corrected chi connectivity index (χ3v) is 3.66. The van der Waals surface area contributed by atoms with Crippen molar-refractivity contribution in [3.8, 4) is 0 Å². The number of nitrogens with one attached hydrogen (secondary N) is 1. The van der Waals surface area contributed by atoms with Crippen LogP contribution in [0.3, 0.4) is 0 Å². The van der Waals surface area contributed by atoms with E-state index in [0.717, 1.165) is 0 Å². The van der Waals surface area contributed by atoms with Crippen molar-refractivity contribution in [3.05, 3.63) is 70.5 Å². The van der Waals surface area contributed by atoms with Crippen LogP contribution in [0.25, 0.3) is 0 Å². The van der Waals surface area contributed by atoms with Crippen LogP contribution in [0.15, 0.2) is 48.5 Å². The maximum absolute atomic E-state index is 13.1. The van der Waals surface area contributed by atoms with E-state index in [0.29, 0.717) is 11.1 Å². The molecule has 5 heteroatoms. The summed E-state index contributed by atoms with van der Waals surface area (Å²) in [6, 6.07) is 13.3. The van der Waals surface area contributed by atoms with Crippen LogP contribution in [-0.2, 0) is 16.9 Å². The summed E-state index contributed by atoms with van der Waals surface area (Å²) in [4.78, 5) is 12.0. The first-order valence-corrected chi connectivity index (χ1v) is 7.25. The molecule has 2 rings (SSSR count). The summed E-state index contributed by atoms with van der Waals surface area (Å²) in [6.45, 7) is 1.82. The molecule has 0 aliphatic rings. The van der Waals surface area contributed by atoms with Crippen LogP contribution in [-0.4, -0.2) is 11.0 Å². The zero-order valence-electron chi connectivity index (χ0n) is 12.1. The molecule has 0 heterocycles. The van der Waals surface area contributed by atoms with Gasteiger partial charge in [0.25, 0.3) is 0 Å². The van der Waals surface area contributed by atoms with Crippen molar-refractivity contribution in [2.45, 2.75) is 25.5 Å². The van der Waals surface area contributed by atoms with Gasteiger partial charge in [0, 0.05) is 6.54 Å². The van der Waals surface area contributed by atoms with Gasteiger partial charge in [0.15, 0.2) is 0 Å². The highest BCUT2D eigenvalue weighted by Crippen LogP contribution is 2.24. The Balaban J connectivity index is 1.94.